The lowest BCUT2D eigenvalue weighted by molar-refractivity contribution is -0.129. The van der Waals surface area contributed by atoms with Gasteiger partial charge in [-0.1, -0.05) is 25.1 Å². The van der Waals surface area contributed by atoms with Crippen LogP contribution < -0.4 is 10.6 Å². The fraction of sp³-hybridized carbons (Fsp3) is 0.533. The fourth-order valence-corrected chi connectivity index (χ4v) is 2.66. The maximum atomic E-state index is 11.7. The molecule has 1 aromatic rings. The van der Waals surface area contributed by atoms with Crippen LogP contribution in [-0.4, -0.2) is 43.5 Å². The van der Waals surface area contributed by atoms with Gasteiger partial charge in [-0.15, -0.1) is 24.8 Å². The minimum absolute atomic E-state index is 0. The van der Waals surface area contributed by atoms with Crippen molar-refractivity contribution in [3.05, 3.63) is 29.8 Å². The van der Waals surface area contributed by atoms with Crippen molar-refractivity contribution < 1.29 is 4.79 Å². The second-order valence-electron chi connectivity index (χ2n) is 4.91. The van der Waals surface area contributed by atoms with Crippen molar-refractivity contribution in [1.82, 2.24) is 4.90 Å². The van der Waals surface area contributed by atoms with Crippen molar-refractivity contribution in [2.24, 2.45) is 5.73 Å². The van der Waals surface area contributed by atoms with Crippen LogP contribution in [0.1, 0.15) is 18.9 Å². The topological polar surface area (TPSA) is 49.6 Å². The smallest absolute Gasteiger partial charge is 0.236 e. The highest BCUT2D eigenvalue weighted by Crippen LogP contribution is 2.22. The van der Waals surface area contributed by atoms with Crippen LogP contribution in [0, 0.1) is 0 Å². The first kappa shape index (κ1) is 20.0. The minimum atomic E-state index is 0. The van der Waals surface area contributed by atoms with Crippen molar-refractivity contribution in [3.8, 4) is 0 Å². The predicted molar refractivity (Wildman–Crippen MR) is 92.8 cm³/mol. The summed E-state index contributed by atoms with van der Waals surface area (Å²) in [5.74, 6) is 0.0608. The lowest BCUT2D eigenvalue weighted by Gasteiger charge is -2.25. The number of nitrogens with zero attached hydrogens (tertiary/aromatic N) is 2. The van der Waals surface area contributed by atoms with E-state index in [1.807, 2.05) is 4.90 Å². The Morgan fingerprint density at radius 3 is 2.52 bits per heavy atom. The van der Waals surface area contributed by atoms with E-state index in [1.165, 1.54) is 11.3 Å². The molecule has 1 fully saturated rings. The van der Waals surface area contributed by atoms with E-state index in [0.29, 0.717) is 0 Å². The molecule has 1 amide bonds. The van der Waals surface area contributed by atoms with Crippen LogP contribution >= 0.6 is 24.8 Å². The molecule has 0 aromatic heterocycles. The number of benzene rings is 1. The summed E-state index contributed by atoms with van der Waals surface area (Å²) in [6, 6.07) is 8.54. The van der Waals surface area contributed by atoms with Crippen LogP contribution in [-0.2, 0) is 11.2 Å². The van der Waals surface area contributed by atoms with Crippen molar-refractivity contribution in [2.75, 3.05) is 37.6 Å². The van der Waals surface area contributed by atoms with Crippen LogP contribution in [0.3, 0.4) is 0 Å². The van der Waals surface area contributed by atoms with Gasteiger partial charge in [0.15, 0.2) is 0 Å². The Kier molecular flexibility index (Phi) is 9.42. The Hall–Kier alpha value is -0.970. The molecule has 0 unspecified atom stereocenters. The van der Waals surface area contributed by atoms with Gasteiger partial charge in [0.25, 0.3) is 0 Å². The van der Waals surface area contributed by atoms with Gasteiger partial charge in [-0.3, -0.25) is 4.79 Å². The first-order chi connectivity index (χ1) is 9.26. The average molecular weight is 334 g/mol. The van der Waals surface area contributed by atoms with Crippen molar-refractivity contribution in [1.29, 1.82) is 0 Å². The van der Waals surface area contributed by atoms with Crippen molar-refractivity contribution in [2.45, 2.75) is 19.8 Å². The van der Waals surface area contributed by atoms with Crippen LogP contribution in [0.2, 0.25) is 0 Å². The number of halogens is 2. The molecule has 21 heavy (non-hydrogen) atoms. The van der Waals surface area contributed by atoms with Crippen molar-refractivity contribution in [3.63, 3.8) is 0 Å². The van der Waals surface area contributed by atoms with Crippen molar-refractivity contribution >= 4 is 36.4 Å². The van der Waals surface area contributed by atoms with Crippen LogP contribution in [0.25, 0.3) is 0 Å². The highest BCUT2D eigenvalue weighted by molar-refractivity contribution is 5.85. The van der Waals surface area contributed by atoms with Gasteiger partial charge in [0.2, 0.25) is 5.91 Å². The molecule has 4 nitrogen and oxygen atoms in total. The monoisotopic (exact) mass is 333 g/mol. The van der Waals surface area contributed by atoms with Gasteiger partial charge in [0.05, 0.1) is 6.54 Å². The number of rotatable bonds is 3. The third-order valence-corrected chi connectivity index (χ3v) is 3.74. The molecule has 1 aromatic carbocycles. The molecule has 2 N–H and O–H groups in total. The Morgan fingerprint density at radius 2 is 1.86 bits per heavy atom. The Labute approximate surface area is 139 Å². The van der Waals surface area contributed by atoms with Crippen LogP contribution in [0.4, 0.5) is 5.69 Å². The largest absolute Gasteiger partial charge is 0.369 e. The summed E-state index contributed by atoms with van der Waals surface area (Å²) < 4.78 is 0. The predicted octanol–water partition coefficient (Wildman–Crippen LogP) is 2.09. The summed E-state index contributed by atoms with van der Waals surface area (Å²) in [5.41, 5.74) is 8.13. The number of carbonyl (C=O) groups excluding carboxylic acids is 1. The molecule has 0 spiro atoms. The number of nitrogens with two attached hydrogens (primary N) is 1. The Bertz CT molecular complexity index is 443. The maximum absolute atomic E-state index is 11.7. The lowest BCUT2D eigenvalue weighted by atomic mass is 10.1. The number of carbonyl (C=O) groups is 1. The lowest BCUT2D eigenvalue weighted by Crippen LogP contribution is -2.38. The standard InChI is InChI=1S/C15H23N3O.2ClH/c1-2-13-6-3-4-7-14(13)17-8-5-9-18(11-10-17)15(19)12-16;;/h3-4,6-7H,2,5,8-12,16H2,1H3;2*1H. The molecule has 1 aliphatic heterocycles. The molecule has 6 heteroatoms. The number of hydrogen-bond donors (Lipinski definition) is 1. The van der Waals surface area contributed by atoms with E-state index in [-0.39, 0.29) is 37.3 Å². The zero-order chi connectivity index (χ0) is 13.7. The second kappa shape index (κ2) is 9.87. The van der Waals surface area contributed by atoms with Crippen LogP contribution in [0.5, 0.6) is 0 Å². The molecule has 0 saturated carbocycles. The molecule has 1 aliphatic rings. The van der Waals surface area contributed by atoms with Crippen LogP contribution in [0.15, 0.2) is 24.3 Å². The molecule has 0 bridgehead atoms. The third-order valence-electron chi connectivity index (χ3n) is 3.74. The molecule has 0 aliphatic carbocycles. The summed E-state index contributed by atoms with van der Waals surface area (Å²) in [6.07, 6.45) is 2.04. The van der Waals surface area contributed by atoms with E-state index < -0.39 is 0 Å². The number of aryl methyl sites for hydroxylation is 1. The van der Waals surface area contributed by atoms with E-state index >= 15 is 0 Å². The summed E-state index contributed by atoms with van der Waals surface area (Å²) in [4.78, 5) is 15.9. The minimum Gasteiger partial charge on any atom is -0.369 e. The quantitative estimate of drug-likeness (QED) is 0.921. The van der Waals surface area contributed by atoms with Gasteiger partial charge in [-0.05, 0) is 24.5 Å². The molecule has 120 valence electrons. The van der Waals surface area contributed by atoms with Gasteiger partial charge in [0.1, 0.15) is 0 Å². The molecule has 0 radical (unpaired) electrons. The maximum Gasteiger partial charge on any atom is 0.236 e. The van der Waals surface area contributed by atoms with E-state index in [2.05, 4.69) is 36.1 Å². The number of anilines is 1. The fourth-order valence-electron chi connectivity index (χ4n) is 2.66. The van der Waals surface area contributed by atoms with Gasteiger partial charge in [-0.25, -0.2) is 0 Å². The molecular weight excluding hydrogens is 309 g/mol. The molecule has 2 rings (SSSR count). The highest BCUT2D eigenvalue weighted by atomic mass is 35.5. The first-order valence-corrected chi connectivity index (χ1v) is 7.07. The van der Waals surface area contributed by atoms with E-state index in [9.17, 15) is 4.79 Å². The molecule has 0 atom stereocenters. The van der Waals surface area contributed by atoms with E-state index in [4.69, 9.17) is 5.73 Å². The first-order valence-electron chi connectivity index (χ1n) is 7.07. The van der Waals surface area contributed by atoms with E-state index in [1.54, 1.807) is 0 Å². The second-order valence-corrected chi connectivity index (χ2v) is 4.91. The molecule has 1 heterocycles. The van der Waals surface area contributed by atoms with E-state index in [0.717, 1.165) is 39.0 Å². The summed E-state index contributed by atoms with van der Waals surface area (Å²) in [6.45, 7) is 5.79. The molecular formula is C15H25Cl2N3O. The van der Waals surface area contributed by atoms with Gasteiger partial charge >= 0.3 is 0 Å². The van der Waals surface area contributed by atoms with Gasteiger partial charge in [0, 0.05) is 31.9 Å². The molecule has 1 saturated heterocycles. The highest BCUT2D eigenvalue weighted by Gasteiger charge is 2.19. The third kappa shape index (κ3) is 5.06. The summed E-state index contributed by atoms with van der Waals surface area (Å²) in [7, 11) is 0. The zero-order valence-corrected chi connectivity index (χ0v) is 14.1. The summed E-state index contributed by atoms with van der Waals surface area (Å²) in [5, 5.41) is 0. The number of amides is 1. The number of hydrogen-bond acceptors (Lipinski definition) is 3. The normalized spacial score (nSPS) is 14.8. The SMILES string of the molecule is CCc1ccccc1N1CCCN(C(=O)CN)CC1.Cl.Cl. The zero-order valence-electron chi connectivity index (χ0n) is 12.5. The average Bonchev–Trinajstić information content (AvgIpc) is 2.72. The van der Waals surface area contributed by atoms with Gasteiger partial charge in [-0.2, -0.15) is 0 Å². The summed E-state index contributed by atoms with van der Waals surface area (Å²) >= 11 is 0. The number of para-hydroxylation sites is 1. The Balaban J connectivity index is 0.00000200. The van der Waals surface area contributed by atoms with Gasteiger partial charge < -0.3 is 15.5 Å². The Morgan fingerprint density at radius 1 is 1.14 bits per heavy atom.